The van der Waals surface area contributed by atoms with E-state index in [1.54, 1.807) is 7.11 Å². The molecule has 1 fully saturated rings. The smallest absolute Gasteiger partial charge is 0.175 e. The Morgan fingerprint density at radius 1 is 1.44 bits per heavy atom. The van der Waals surface area contributed by atoms with Crippen LogP contribution in [0.3, 0.4) is 0 Å². The van der Waals surface area contributed by atoms with E-state index in [1.807, 2.05) is 18.2 Å². The first-order valence-corrected chi connectivity index (χ1v) is 6.99. The molecule has 1 unspecified atom stereocenters. The summed E-state index contributed by atoms with van der Waals surface area (Å²) in [5, 5.41) is 0. The summed E-state index contributed by atoms with van der Waals surface area (Å²) in [7, 11) is 1.62. The maximum absolute atomic E-state index is 11.5. The summed E-state index contributed by atoms with van der Waals surface area (Å²) in [6.07, 6.45) is 3.57. The Balaban J connectivity index is 1.92. The zero-order valence-electron chi connectivity index (χ0n) is 10.4. The molecule has 2 rings (SSSR count). The topological polar surface area (TPSA) is 35.5 Å². The maximum Gasteiger partial charge on any atom is 0.175 e. The standard InChI is InChI=1S/C14H17BrO3/c1-17-13-7-3-5-11(15)14(13)18-9-8-10-4-2-6-12(10)16/h3,5,7,10H,2,4,6,8-9H2,1H3. The van der Waals surface area contributed by atoms with E-state index >= 15 is 0 Å². The summed E-state index contributed by atoms with van der Waals surface area (Å²) in [4.78, 5) is 11.5. The first-order chi connectivity index (χ1) is 8.72. The molecule has 1 aliphatic carbocycles. The van der Waals surface area contributed by atoms with Gasteiger partial charge in [-0.1, -0.05) is 6.07 Å². The molecule has 1 saturated carbocycles. The van der Waals surface area contributed by atoms with E-state index in [0.29, 0.717) is 23.9 Å². The molecule has 0 bridgehead atoms. The zero-order chi connectivity index (χ0) is 13.0. The maximum atomic E-state index is 11.5. The van der Waals surface area contributed by atoms with Gasteiger partial charge in [0, 0.05) is 12.3 Å². The first-order valence-electron chi connectivity index (χ1n) is 6.20. The molecule has 0 radical (unpaired) electrons. The third-order valence-electron chi connectivity index (χ3n) is 3.29. The van der Waals surface area contributed by atoms with Gasteiger partial charge in [0.15, 0.2) is 11.5 Å². The van der Waals surface area contributed by atoms with Gasteiger partial charge in [0.05, 0.1) is 18.2 Å². The number of carbonyl (C=O) groups is 1. The minimum atomic E-state index is 0.193. The lowest BCUT2D eigenvalue weighted by Gasteiger charge is -2.13. The Morgan fingerprint density at radius 3 is 2.94 bits per heavy atom. The van der Waals surface area contributed by atoms with Crippen LogP contribution < -0.4 is 9.47 Å². The van der Waals surface area contributed by atoms with Crippen LogP contribution in [-0.2, 0) is 4.79 Å². The Bertz CT molecular complexity index is 431. The Kier molecular flexibility index (Phi) is 4.64. The van der Waals surface area contributed by atoms with Gasteiger partial charge in [-0.15, -0.1) is 0 Å². The number of methoxy groups -OCH3 is 1. The number of benzene rings is 1. The highest BCUT2D eigenvalue weighted by Gasteiger charge is 2.24. The highest BCUT2D eigenvalue weighted by molar-refractivity contribution is 9.10. The summed E-state index contributed by atoms with van der Waals surface area (Å²) in [5.74, 6) is 2.00. The number of para-hydroxylation sites is 1. The quantitative estimate of drug-likeness (QED) is 0.833. The van der Waals surface area contributed by atoms with Crippen LogP contribution in [0, 0.1) is 5.92 Å². The molecule has 1 aromatic carbocycles. The molecule has 98 valence electrons. The van der Waals surface area contributed by atoms with E-state index in [4.69, 9.17) is 9.47 Å². The molecule has 0 aliphatic heterocycles. The molecule has 0 spiro atoms. The van der Waals surface area contributed by atoms with Gasteiger partial charge < -0.3 is 9.47 Å². The average Bonchev–Trinajstić information content (AvgIpc) is 2.77. The molecule has 1 aliphatic rings. The Morgan fingerprint density at radius 2 is 2.28 bits per heavy atom. The van der Waals surface area contributed by atoms with E-state index in [9.17, 15) is 4.79 Å². The number of halogens is 1. The van der Waals surface area contributed by atoms with Crippen molar-refractivity contribution < 1.29 is 14.3 Å². The van der Waals surface area contributed by atoms with Crippen LogP contribution in [0.1, 0.15) is 25.7 Å². The molecule has 1 atom stereocenters. The second kappa shape index (κ2) is 6.23. The lowest BCUT2D eigenvalue weighted by molar-refractivity contribution is -0.121. The van der Waals surface area contributed by atoms with Crippen LogP contribution >= 0.6 is 15.9 Å². The van der Waals surface area contributed by atoms with Gasteiger partial charge >= 0.3 is 0 Å². The molecular formula is C14H17BrO3. The van der Waals surface area contributed by atoms with Crippen LogP contribution in [0.5, 0.6) is 11.5 Å². The van der Waals surface area contributed by atoms with Crippen molar-refractivity contribution in [2.75, 3.05) is 13.7 Å². The number of ether oxygens (including phenoxy) is 2. The van der Waals surface area contributed by atoms with E-state index < -0.39 is 0 Å². The summed E-state index contributed by atoms with van der Waals surface area (Å²) in [5.41, 5.74) is 0. The predicted molar refractivity (Wildman–Crippen MR) is 73.2 cm³/mol. The molecule has 0 N–H and O–H groups in total. The largest absolute Gasteiger partial charge is 0.493 e. The van der Waals surface area contributed by atoms with Crippen LogP contribution in [0.25, 0.3) is 0 Å². The van der Waals surface area contributed by atoms with Crippen molar-refractivity contribution in [3.63, 3.8) is 0 Å². The second-order valence-electron chi connectivity index (χ2n) is 4.46. The van der Waals surface area contributed by atoms with Crippen molar-refractivity contribution in [2.24, 2.45) is 5.92 Å². The van der Waals surface area contributed by atoms with Gasteiger partial charge in [-0.3, -0.25) is 4.79 Å². The van der Waals surface area contributed by atoms with E-state index in [0.717, 1.165) is 30.2 Å². The van der Waals surface area contributed by atoms with Crippen molar-refractivity contribution in [3.05, 3.63) is 22.7 Å². The van der Waals surface area contributed by atoms with Crippen LogP contribution in [-0.4, -0.2) is 19.5 Å². The number of carbonyl (C=O) groups excluding carboxylic acids is 1. The summed E-state index contributed by atoms with van der Waals surface area (Å²) < 4.78 is 11.9. The SMILES string of the molecule is COc1cccc(Br)c1OCCC1CCCC1=O. The van der Waals surface area contributed by atoms with Crippen molar-refractivity contribution in [1.29, 1.82) is 0 Å². The van der Waals surface area contributed by atoms with Crippen LogP contribution in [0.2, 0.25) is 0 Å². The van der Waals surface area contributed by atoms with Gasteiger partial charge in [-0.05, 0) is 47.3 Å². The van der Waals surface area contributed by atoms with Crippen molar-refractivity contribution >= 4 is 21.7 Å². The summed E-state index contributed by atoms with van der Waals surface area (Å²) >= 11 is 3.44. The number of ketones is 1. The van der Waals surface area contributed by atoms with Gasteiger partial charge in [-0.25, -0.2) is 0 Å². The highest BCUT2D eigenvalue weighted by atomic mass is 79.9. The fraction of sp³-hybridized carbons (Fsp3) is 0.500. The molecule has 1 aromatic rings. The predicted octanol–water partition coefficient (Wildman–Crippen LogP) is 3.60. The van der Waals surface area contributed by atoms with E-state index in [-0.39, 0.29) is 5.92 Å². The monoisotopic (exact) mass is 312 g/mol. The molecule has 4 heteroatoms. The molecule has 0 amide bonds. The summed E-state index contributed by atoms with van der Waals surface area (Å²) in [6, 6.07) is 5.68. The first kappa shape index (κ1) is 13.4. The highest BCUT2D eigenvalue weighted by Crippen LogP contribution is 2.35. The second-order valence-corrected chi connectivity index (χ2v) is 5.32. The molecule has 18 heavy (non-hydrogen) atoms. The number of hydrogen-bond acceptors (Lipinski definition) is 3. The average molecular weight is 313 g/mol. The molecular weight excluding hydrogens is 296 g/mol. The number of Topliss-reactive ketones (excluding diaryl/α,β-unsaturated/α-hetero) is 1. The minimum Gasteiger partial charge on any atom is -0.493 e. The van der Waals surface area contributed by atoms with Crippen LogP contribution in [0.15, 0.2) is 22.7 Å². The van der Waals surface area contributed by atoms with Crippen molar-refractivity contribution in [1.82, 2.24) is 0 Å². The number of hydrogen-bond donors (Lipinski definition) is 0. The normalized spacial score (nSPS) is 19.0. The third kappa shape index (κ3) is 3.05. The summed E-state index contributed by atoms with van der Waals surface area (Å²) in [6.45, 7) is 0.551. The van der Waals surface area contributed by atoms with Gasteiger partial charge in [0.25, 0.3) is 0 Å². The van der Waals surface area contributed by atoms with Crippen molar-refractivity contribution in [3.8, 4) is 11.5 Å². The molecule has 0 saturated heterocycles. The fourth-order valence-corrected chi connectivity index (χ4v) is 2.75. The molecule has 0 heterocycles. The van der Waals surface area contributed by atoms with Gasteiger partial charge in [0.1, 0.15) is 5.78 Å². The van der Waals surface area contributed by atoms with E-state index in [2.05, 4.69) is 15.9 Å². The minimum absolute atomic E-state index is 0.193. The Labute approximate surface area is 116 Å². The van der Waals surface area contributed by atoms with Gasteiger partial charge in [-0.2, -0.15) is 0 Å². The van der Waals surface area contributed by atoms with E-state index in [1.165, 1.54) is 0 Å². The zero-order valence-corrected chi connectivity index (χ0v) is 12.0. The number of rotatable bonds is 5. The third-order valence-corrected chi connectivity index (χ3v) is 3.92. The van der Waals surface area contributed by atoms with Crippen molar-refractivity contribution in [2.45, 2.75) is 25.7 Å². The molecule has 3 nitrogen and oxygen atoms in total. The fourth-order valence-electron chi connectivity index (χ4n) is 2.29. The van der Waals surface area contributed by atoms with Crippen LogP contribution in [0.4, 0.5) is 0 Å². The van der Waals surface area contributed by atoms with Gasteiger partial charge in [0.2, 0.25) is 0 Å². The Hall–Kier alpha value is -1.03. The lowest BCUT2D eigenvalue weighted by Crippen LogP contribution is -2.11. The lowest BCUT2D eigenvalue weighted by atomic mass is 10.0. The molecule has 0 aromatic heterocycles.